The molecule has 0 aromatic carbocycles. The Morgan fingerprint density at radius 3 is 2.00 bits per heavy atom. The van der Waals surface area contributed by atoms with E-state index in [9.17, 15) is 32.4 Å². The summed E-state index contributed by atoms with van der Waals surface area (Å²) >= 11 is 0. The number of hydrogen-bond donors (Lipinski definition) is 0. The molecule has 0 aromatic rings. The second-order valence-electron chi connectivity index (χ2n) is 18.1. The zero-order chi connectivity index (χ0) is 35.7. The fourth-order valence-corrected chi connectivity index (χ4v) is 13.4. The van der Waals surface area contributed by atoms with Gasteiger partial charge in [0.2, 0.25) is 11.7 Å². The van der Waals surface area contributed by atoms with Gasteiger partial charge in [-0.2, -0.15) is 0 Å². The van der Waals surface area contributed by atoms with Crippen LogP contribution >= 0.6 is 0 Å². The lowest BCUT2D eigenvalue weighted by molar-refractivity contribution is -0.146. The van der Waals surface area contributed by atoms with E-state index < -0.39 is 44.2 Å². The van der Waals surface area contributed by atoms with Gasteiger partial charge in [0.05, 0.1) is 17.0 Å². The molecule has 6 atom stereocenters. The lowest BCUT2D eigenvalue weighted by Crippen LogP contribution is -2.49. The molecule has 280 valence electrons. The molecule has 6 rings (SSSR count). The predicted octanol–water partition coefficient (Wildman–Crippen LogP) is 7.39. The minimum absolute atomic E-state index is 0.00493. The highest BCUT2D eigenvalue weighted by molar-refractivity contribution is 7.92. The first-order valence-electron chi connectivity index (χ1n) is 20.5. The summed E-state index contributed by atoms with van der Waals surface area (Å²) < 4.78 is 26.4. The van der Waals surface area contributed by atoms with Crippen molar-refractivity contribution in [2.75, 3.05) is 12.3 Å². The number of Topliss-reactive ketones (excluding diaryl/α,β-unsaturated/α-hetero) is 4. The molecule has 50 heavy (non-hydrogen) atoms. The highest BCUT2D eigenvalue weighted by Crippen LogP contribution is 2.65. The van der Waals surface area contributed by atoms with E-state index in [1.807, 2.05) is 0 Å². The minimum atomic E-state index is -3.24. The van der Waals surface area contributed by atoms with E-state index >= 15 is 0 Å². The van der Waals surface area contributed by atoms with Gasteiger partial charge in [0.1, 0.15) is 5.78 Å². The molecule has 9 heteroatoms. The summed E-state index contributed by atoms with van der Waals surface area (Å²) in [4.78, 5) is 71.3. The molecule has 3 saturated carbocycles. The van der Waals surface area contributed by atoms with E-state index in [2.05, 4.69) is 13.8 Å². The monoisotopic (exact) mass is 713 g/mol. The molecule has 3 heterocycles. The van der Waals surface area contributed by atoms with Crippen molar-refractivity contribution in [3.8, 4) is 0 Å². The number of sulfone groups is 1. The number of rotatable bonds is 9. The van der Waals surface area contributed by atoms with Crippen molar-refractivity contribution in [2.24, 2.45) is 40.4 Å². The Hall–Kier alpha value is -1.90. The number of nitrogens with zero attached hydrogens (tertiary/aromatic N) is 1. The molecule has 6 aliphatic rings. The van der Waals surface area contributed by atoms with E-state index in [0.717, 1.165) is 96.3 Å². The SMILES string of the molecule is CC1(C)[C@@H]2[C@H]3C(=O)C[C@H](C(=O)C(=O)CC4CC4)CCCCCCCCCC[C@H](CC(=O)CC4([C@@H]5CCCS5(=O)=O)CCCCC4)C(=O)N3C[C@@H]21. The van der Waals surface area contributed by atoms with Gasteiger partial charge in [0.25, 0.3) is 0 Å². The van der Waals surface area contributed by atoms with Gasteiger partial charge in [0.15, 0.2) is 21.4 Å². The molecule has 0 radical (unpaired) electrons. The van der Waals surface area contributed by atoms with Crippen LogP contribution in [0.2, 0.25) is 0 Å². The standard InChI is InChI=1S/C41H63NO7S/c1-40(2)32-27-42-37(36(32)40)33(44)25-29(38(46)34(45)23-28-18-19-28)15-10-7-5-3-4-6-8-11-16-30(39(42)47)24-31(43)26-41(20-12-9-13-21-41)35-17-14-22-50(35,48)49/h28-30,32,35-37H,3-27H2,1-2H3/t29-,30-,32+,35+,36+,37-/m1/s1. The smallest absolute Gasteiger partial charge is 0.226 e. The lowest BCUT2D eigenvalue weighted by atomic mass is 9.67. The Bertz CT molecular complexity index is 1410. The van der Waals surface area contributed by atoms with Gasteiger partial charge in [-0.05, 0) is 80.0 Å². The highest BCUT2D eigenvalue weighted by atomic mass is 32.2. The van der Waals surface area contributed by atoms with Crippen LogP contribution in [-0.4, -0.2) is 65.9 Å². The van der Waals surface area contributed by atoms with Gasteiger partial charge in [-0.3, -0.25) is 24.0 Å². The van der Waals surface area contributed by atoms with E-state index in [1.165, 1.54) is 0 Å². The number of carbonyl (C=O) groups excluding carboxylic acids is 5. The molecule has 0 aromatic heterocycles. The maximum atomic E-state index is 14.6. The average Bonchev–Trinajstić information content (AvgIpc) is 3.85. The van der Waals surface area contributed by atoms with E-state index in [1.54, 1.807) is 4.90 Å². The van der Waals surface area contributed by atoms with E-state index in [-0.39, 0.29) is 65.5 Å². The highest BCUT2D eigenvalue weighted by Gasteiger charge is 2.69. The van der Waals surface area contributed by atoms with Crippen LogP contribution < -0.4 is 0 Å². The van der Waals surface area contributed by atoms with Crippen LogP contribution in [0.4, 0.5) is 0 Å². The van der Waals surface area contributed by atoms with Crippen LogP contribution in [0, 0.1) is 40.4 Å². The van der Waals surface area contributed by atoms with Crippen molar-refractivity contribution in [3.05, 3.63) is 0 Å². The Morgan fingerprint density at radius 2 is 1.38 bits per heavy atom. The number of hydrogen-bond acceptors (Lipinski definition) is 7. The van der Waals surface area contributed by atoms with Crippen molar-refractivity contribution < 1.29 is 32.4 Å². The second-order valence-corrected chi connectivity index (χ2v) is 20.4. The summed E-state index contributed by atoms with van der Waals surface area (Å²) in [6.07, 6.45) is 17.4. The first-order valence-corrected chi connectivity index (χ1v) is 22.2. The van der Waals surface area contributed by atoms with Crippen molar-refractivity contribution in [2.45, 2.75) is 173 Å². The van der Waals surface area contributed by atoms with Gasteiger partial charge < -0.3 is 4.90 Å². The van der Waals surface area contributed by atoms with Crippen LogP contribution in [0.3, 0.4) is 0 Å². The predicted molar refractivity (Wildman–Crippen MR) is 193 cm³/mol. The number of ketones is 4. The Kier molecular flexibility index (Phi) is 11.8. The van der Waals surface area contributed by atoms with Gasteiger partial charge in [0, 0.05) is 44.1 Å². The molecule has 6 fully saturated rings. The quantitative estimate of drug-likeness (QED) is 0.228. The Morgan fingerprint density at radius 1 is 0.760 bits per heavy atom. The van der Waals surface area contributed by atoms with Crippen LogP contribution in [0.15, 0.2) is 0 Å². The molecular weight excluding hydrogens is 651 g/mol. The summed E-state index contributed by atoms with van der Waals surface area (Å²) in [5, 5.41) is -0.460. The Labute approximate surface area is 300 Å². The fourth-order valence-electron chi connectivity index (χ4n) is 11.0. The third-order valence-corrected chi connectivity index (χ3v) is 16.6. The van der Waals surface area contributed by atoms with Crippen LogP contribution in [0.25, 0.3) is 0 Å². The van der Waals surface area contributed by atoms with E-state index in [4.69, 9.17) is 0 Å². The van der Waals surface area contributed by atoms with Crippen LogP contribution in [0.1, 0.15) is 162 Å². The largest absolute Gasteiger partial charge is 0.332 e. The molecule has 0 bridgehead atoms. The van der Waals surface area contributed by atoms with Gasteiger partial charge in [-0.15, -0.1) is 0 Å². The zero-order valence-corrected chi connectivity index (χ0v) is 31.7. The van der Waals surface area contributed by atoms with Gasteiger partial charge in [-0.1, -0.05) is 84.5 Å². The van der Waals surface area contributed by atoms with Crippen molar-refractivity contribution in [1.82, 2.24) is 4.90 Å². The van der Waals surface area contributed by atoms with Crippen LogP contribution in [0.5, 0.6) is 0 Å². The first kappa shape index (κ1) is 37.8. The van der Waals surface area contributed by atoms with Crippen molar-refractivity contribution in [1.29, 1.82) is 0 Å². The summed E-state index contributed by atoms with van der Waals surface area (Å²) in [6, 6.07) is -0.627. The molecule has 0 unspecified atom stereocenters. The number of carbonyl (C=O) groups is 5. The summed E-state index contributed by atoms with van der Waals surface area (Å²) in [7, 11) is -3.24. The fraction of sp³-hybridized carbons (Fsp3) is 0.878. The average molecular weight is 714 g/mol. The number of piperidine rings is 1. The van der Waals surface area contributed by atoms with Gasteiger partial charge >= 0.3 is 0 Å². The van der Waals surface area contributed by atoms with Gasteiger partial charge in [-0.25, -0.2) is 8.42 Å². The summed E-state index contributed by atoms with van der Waals surface area (Å²) in [5.74, 6) is -1.38. The molecule has 0 spiro atoms. The maximum Gasteiger partial charge on any atom is 0.226 e. The maximum absolute atomic E-state index is 14.6. The zero-order valence-electron chi connectivity index (χ0n) is 30.9. The number of amides is 1. The lowest BCUT2D eigenvalue weighted by Gasteiger charge is -2.41. The topological polar surface area (TPSA) is 123 Å². The van der Waals surface area contributed by atoms with Crippen LogP contribution in [-0.2, 0) is 33.8 Å². The molecule has 0 N–H and O–H groups in total. The van der Waals surface area contributed by atoms with E-state index in [0.29, 0.717) is 44.6 Å². The molecular formula is C41H63NO7S. The Balaban J connectivity index is 1.22. The molecule has 3 saturated heterocycles. The summed E-state index contributed by atoms with van der Waals surface area (Å²) in [5.41, 5.74) is -0.608. The summed E-state index contributed by atoms with van der Waals surface area (Å²) in [6.45, 7) is 4.80. The first-order chi connectivity index (χ1) is 23.8. The molecule has 3 aliphatic heterocycles. The number of fused-ring (bicyclic) bond motifs is 3. The molecule has 8 nitrogen and oxygen atoms in total. The van der Waals surface area contributed by atoms with Crippen molar-refractivity contribution in [3.63, 3.8) is 0 Å². The third-order valence-electron chi connectivity index (χ3n) is 14.2. The van der Waals surface area contributed by atoms with Crippen molar-refractivity contribution >= 4 is 38.9 Å². The minimum Gasteiger partial charge on any atom is -0.332 e. The second kappa shape index (κ2) is 15.6. The normalized spacial score (nSPS) is 34.7. The third kappa shape index (κ3) is 8.33. The molecule has 1 amide bonds. The molecule has 3 aliphatic carbocycles.